The van der Waals surface area contributed by atoms with E-state index in [0.29, 0.717) is 29.4 Å². The summed E-state index contributed by atoms with van der Waals surface area (Å²) >= 11 is 0. The molecule has 0 unspecified atom stereocenters. The Hall–Kier alpha value is -4.07. The average molecular weight is 530 g/mol. The Balaban J connectivity index is 1.49. The van der Waals surface area contributed by atoms with Crippen LogP contribution in [0, 0.1) is 0 Å². The van der Waals surface area contributed by atoms with Crippen LogP contribution < -0.4 is 19.5 Å². The van der Waals surface area contributed by atoms with Crippen molar-refractivity contribution in [1.82, 2.24) is 15.2 Å². The molecule has 39 heavy (non-hydrogen) atoms. The third-order valence-corrected chi connectivity index (χ3v) is 7.16. The maximum Gasteiger partial charge on any atom is 0.268 e. The molecule has 1 aliphatic heterocycles. The molecule has 1 N–H and O–H groups in total. The van der Waals surface area contributed by atoms with E-state index in [2.05, 4.69) is 10.3 Å². The number of pyridine rings is 1. The third kappa shape index (κ3) is 6.50. The van der Waals surface area contributed by atoms with Gasteiger partial charge in [0.25, 0.3) is 5.91 Å². The molecular formula is C31H35N3O5. The molecule has 3 aromatic rings. The second kappa shape index (κ2) is 12.7. The number of nitrogens with zero attached hydrogens (tertiary/aromatic N) is 2. The molecule has 0 bridgehead atoms. The first-order chi connectivity index (χ1) is 19.1. The average Bonchev–Trinajstić information content (AvgIpc) is 2.98. The lowest BCUT2D eigenvalue weighted by Crippen LogP contribution is -2.52. The molecule has 1 aliphatic carbocycles. The molecule has 2 heterocycles. The molecule has 8 heteroatoms. The van der Waals surface area contributed by atoms with Gasteiger partial charge in [0, 0.05) is 25.0 Å². The Morgan fingerprint density at radius 2 is 1.79 bits per heavy atom. The first-order valence-corrected chi connectivity index (χ1v) is 13.7. The van der Waals surface area contributed by atoms with Crippen LogP contribution in [0.2, 0.25) is 0 Å². The minimum Gasteiger partial charge on any atom is -0.494 e. The van der Waals surface area contributed by atoms with Crippen LogP contribution in [0.15, 0.2) is 73.1 Å². The SMILES string of the molecule is CCOc1ccc([C@H](C(=O)NC2CCCCC2)N(Cc2cccnc2)C(=O)[C@@H]2COc3ccccc3O2)cc1. The Morgan fingerprint density at radius 3 is 2.51 bits per heavy atom. The maximum absolute atomic E-state index is 14.2. The maximum atomic E-state index is 14.2. The first kappa shape index (κ1) is 26.5. The van der Waals surface area contributed by atoms with Crippen molar-refractivity contribution in [3.05, 3.63) is 84.2 Å². The zero-order chi connectivity index (χ0) is 27.0. The monoisotopic (exact) mass is 529 g/mol. The zero-order valence-corrected chi connectivity index (χ0v) is 22.3. The highest BCUT2D eigenvalue weighted by Crippen LogP contribution is 2.33. The smallest absolute Gasteiger partial charge is 0.268 e. The molecule has 0 radical (unpaired) electrons. The van der Waals surface area contributed by atoms with Crippen LogP contribution in [0.3, 0.4) is 0 Å². The Bertz CT molecular complexity index is 1240. The molecule has 2 atom stereocenters. The van der Waals surface area contributed by atoms with E-state index in [1.807, 2.05) is 61.5 Å². The van der Waals surface area contributed by atoms with E-state index in [1.54, 1.807) is 23.4 Å². The van der Waals surface area contributed by atoms with Gasteiger partial charge in [-0.3, -0.25) is 14.6 Å². The summed E-state index contributed by atoms with van der Waals surface area (Å²) in [6, 6.07) is 17.6. The lowest BCUT2D eigenvalue weighted by molar-refractivity contribution is -0.149. The van der Waals surface area contributed by atoms with E-state index in [9.17, 15) is 9.59 Å². The van der Waals surface area contributed by atoms with E-state index in [-0.39, 0.29) is 31.0 Å². The Labute approximate surface area is 229 Å². The number of ether oxygens (including phenoxy) is 3. The molecule has 1 aromatic heterocycles. The van der Waals surface area contributed by atoms with Gasteiger partial charge in [0.05, 0.1) is 6.61 Å². The first-order valence-electron chi connectivity index (χ1n) is 13.7. The number of rotatable bonds is 9. The summed E-state index contributed by atoms with van der Waals surface area (Å²) in [6.07, 6.45) is 7.73. The van der Waals surface area contributed by atoms with Crippen molar-refractivity contribution >= 4 is 11.8 Å². The number of hydrogen-bond donors (Lipinski definition) is 1. The summed E-state index contributed by atoms with van der Waals surface area (Å²) in [5.74, 6) is 1.27. The van der Waals surface area contributed by atoms with E-state index in [4.69, 9.17) is 14.2 Å². The summed E-state index contributed by atoms with van der Waals surface area (Å²) < 4.78 is 17.6. The third-order valence-electron chi connectivity index (χ3n) is 7.16. The summed E-state index contributed by atoms with van der Waals surface area (Å²) in [6.45, 7) is 2.70. The Morgan fingerprint density at radius 1 is 1.03 bits per heavy atom. The number of hydrogen-bond acceptors (Lipinski definition) is 6. The fraction of sp³-hybridized carbons (Fsp3) is 0.387. The summed E-state index contributed by atoms with van der Waals surface area (Å²) in [7, 11) is 0. The van der Waals surface area contributed by atoms with Gasteiger partial charge in [0.15, 0.2) is 11.5 Å². The second-order valence-corrected chi connectivity index (χ2v) is 9.94. The minimum absolute atomic E-state index is 0.0552. The number of carbonyl (C=O) groups excluding carboxylic acids is 2. The lowest BCUT2D eigenvalue weighted by atomic mass is 9.94. The van der Waals surface area contributed by atoms with Gasteiger partial charge < -0.3 is 24.4 Å². The number of aromatic nitrogens is 1. The molecule has 1 fully saturated rings. The molecule has 8 nitrogen and oxygen atoms in total. The van der Waals surface area contributed by atoms with Crippen molar-refractivity contribution in [2.75, 3.05) is 13.2 Å². The summed E-state index contributed by atoms with van der Waals surface area (Å²) in [5.41, 5.74) is 1.51. The molecule has 5 rings (SSSR count). The van der Waals surface area contributed by atoms with Gasteiger partial charge in [0.1, 0.15) is 18.4 Å². The fourth-order valence-corrected chi connectivity index (χ4v) is 5.22. The topological polar surface area (TPSA) is 90.0 Å². The number of fused-ring (bicyclic) bond motifs is 1. The molecule has 204 valence electrons. The van der Waals surface area contributed by atoms with Crippen LogP contribution >= 0.6 is 0 Å². The van der Waals surface area contributed by atoms with E-state index >= 15 is 0 Å². The number of carbonyl (C=O) groups is 2. The van der Waals surface area contributed by atoms with E-state index in [1.165, 1.54) is 6.42 Å². The van der Waals surface area contributed by atoms with Crippen molar-refractivity contribution < 1.29 is 23.8 Å². The second-order valence-electron chi connectivity index (χ2n) is 9.94. The fourth-order valence-electron chi connectivity index (χ4n) is 5.22. The normalized spacial score (nSPS) is 17.6. The molecule has 1 saturated carbocycles. The van der Waals surface area contributed by atoms with Crippen molar-refractivity contribution in [3.63, 3.8) is 0 Å². The van der Waals surface area contributed by atoms with Crippen LogP contribution in [0.1, 0.15) is 56.2 Å². The highest BCUT2D eigenvalue weighted by molar-refractivity contribution is 5.91. The van der Waals surface area contributed by atoms with Crippen LogP contribution in [-0.2, 0) is 16.1 Å². The van der Waals surface area contributed by atoms with Gasteiger partial charge in [0.2, 0.25) is 12.0 Å². The van der Waals surface area contributed by atoms with Gasteiger partial charge in [-0.1, -0.05) is 49.6 Å². The molecule has 2 aromatic carbocycles. The standard InChI is InChI=1S/C31H35N3O5/c1-2-37-25-16-14-23(15-17-25)29(30(35)33-24-10-4-3-5-11-24)34(20-22-9-8-18-32-19-22)31(36)28-21-38-26-12-6-7-13-27(26)39-28/h6-9,12-19,24,28-29H,2-5,10-11,20-21H2,1H3,(H,33,35)/t28-,29+/m0/s1. The number of nitrogens with one attached hydrogen (secondary N) is 1. The molecular weight excluding hydrogens is 494 g/mol. The largest absolute Gasteiger partial charge is 0.494 e. The van der Waals surface area contributed by atoms with Crippen LogP contribution in [0.4, 0.5) is 0 Å². The quantitative estimate of drug-likeness (QED) is 0.427. The van der Waals surface area contributed by atoms with Crippen LogP contribution in [0.5, 0.6) is 17.2 Å². The number of para-hydroxylation sites is 2. The van der Waals surface area contributed by atoms with Gasteiger partial charge in [-0.25, -0.2) is 0 Å². The van der Waals surface area contributed by atoms with Crippen LogP contribution in [-0.4, -0.2) is 47.1 Å². The van der Waals surface area contributed by atoms with Crippen molar-refractivity contribution in [2.45, 2.75) is 63.8 Å². The van der Waals surface area contributed by atoms with E-state index < -0.39 is 12.1 Å². The minimum atomic E-state index is -0.899. The van der Waals surface area contributed by atoms with Gasteiger partial charge in [-0.15, -0.1) is 0 Å². The van der Waals surface area contributed by atoms with Crippen molar-refractivity contribution in [3.8, 4) is 17.2 Å². The zero-order valence-electron chi connectivity index (χ0n) is 22.3. The molecule has 2 aliphatic rings. The van der Waals surface area contributed by atoms with E-state index in [0.717, 1.165) is 31.2 Å². The highest BCUT2D eigenvalue weighted by atomic mass is 16.6. The molecule has 0 spiro atoms. The van der Waals surface area contributed by atoms with Gasteiger partial charge in [-0.05, 0) is 61.2 Å². The van der Waals surface area contributed by atoms with Crippen LogP contribution in [0.25, 0.3) is 0 Å². The number of amides is 2. The van der Waals surface area contributed by atoms with Gasteiger partial charge >= 0.3 is 0 Å². The number of benzene rings is 2. The predicted molar refractivity (Wildman–Crippen MR) is 147 cm³/mol. The molecule has 0 saturated heterocycles. The highest BCUT2D eigenvalue weighted by Gasteiger charge is 2.39. The predicted octanol–water partition coefficient (Wildman–Crippen LogP) is 4.84. The summed E-state index contributed by atoms with van der Waals surface area (Å²) in [5, 5.41) is 3.25. The Kier molecular flexibility index (Phi) is 8.61. The van der Waals surface area contributed by atoms with Gasteiger partial charge in [-0.2, -0.15) is 0 Å². The van der Waals surface area contributed by atoms with Crippen molar-refractivity contribution in [1.29, 1.82) is 0 Å². The summed E-state index contributed by atoms with van der Waals surface area (Å²) in [4.78, 5) is 34.0. The molecule has 2 amide bonds. The van der Waals surface area contributed by atoms with Crippen molar-refractivity contribution in [2.24, 2.45) is 0 Å². The lowest BCUT2D eigenvalue weighted by Gasteiger charge is -2.36.